The average Bonchev–Trinajstić information content (AvgIpc) is 2.83. The zero-order valence-corrected chi connectivity index (χ0v) is 12.1. The van der Waals surface area contributed by atoms with Crippen LogP contribution in [0.4, 0.5) is 5.13 Å². The van der Waals surface area contributed by atoms with Crippen LogP contribution in [-0.4, -0.2) is 16.7 Å². The van der Waals surface area contributed by atoms with E-state index in [1.54, 1.807) is 24.3 Å². The van der Waals surface area contributed by atoms with Crippen molar-refractivity contribution in [3.05, 3.63) is 45.4 Å². The molecule has 2 aromatic rings. The van der Waals surface area contributed by atoms with Gasteiger partial charge in [-0.3, -0.25) is 14.9 Å². The maximum Gasteiger partial charge on any atom is 0.257 e. The Labute approximate surface area is 124 Å². The zero-order valence-electron chi connectivity index (χ0n) is 10.5. The monoisotopic (exact) mass is 306 g/mol. The minimum atomic E-state index is -0.272. The molecule has 4 nitrogen and oxygen atoms in total. The maximum absolute atomic E-state index is 12.1. The Morgan fingerprint density at radius 1 is 1.35 bits per heavy atom. The maximum atomic E-state index is 12.1. The van der Waals surface area contributed by atoms with Crippen molar-refractivity contribution < 1.29 is 9.59 Å². The smallest absolute Gasteiger partial charge is 0.257 e. The third-order valence-corrected chi connectivity index (χ3v) is 4.36. The van der Waals surface area contributed by atoms with Gasteiger partial charge in [-0.05, 0) is 31.0 Å². The lowest BCUT2D eigenvalue weighted by atomic mass is 10.0. The van der Waals surface area contributed by atoms with Crippen molar-refractivity contribution in [2.45, 2.75) is 19.3 Å². The van der Waals surface area contributed by atoms with Crippen LogP contribution in [0.5, 0.6) is 0 Å². The van der Waals surface area contributed by atoms with Gasteiger partial charge in [-0.25, -0.2) is 4.98 Å². The van der Waals surface area contributed by atoms with E-state index in [2.05, 4.69) is 10.3 Å². The van der Waals surface area contributed by atoms with Crippen LogP contribution in [0.1, 0.15) is 38.6 Å². The predicted molar refractivity (Wildman–Crippen MR) is 78.8 cm³/mol. The first kappa shape index (κ1) is 13.3. The molecule has 1 N–H and O–H groups in total. The number of thiazole rings is 1. The van der Waals surface area contributed by atoms with Crippen molar-refractivity contribution in [2.24, 2.45) is 0 Å². The van der Waals surface area contributed by atoms with Crippen LogP contribution >= 0.6 is 22.9 Å². The molecule has 1 aliphatic carbocycles. The molecular formula is C14H11ClN2O2S. The molecule has 0 bridgehead atoms. The number of ketones is 1. The van der Waals surface area contributed by atoms with E-state index in [9.17, 15) is 9.59 Å². The quantitative estimate of drug-likeness (QED) is 0.922. The molecule has 3 rings (SSSR count). The molecule has 6 heteroatoms. The number of aryl methyl sites for hydroxylation is 1. The minimum absolute atomic E-state index is 0.118. The summed E-state index contributed by atoms with van der Waals surface area (Å²) in [5, 5.41) is 3.69. The highest BCUT2D eigenvalue weighted by Gasteiger charge is 2.22. The first-order valence-electron chi connectivity index (χ1n) is 6.23. The number of nitrogens with one attached hydrogen (secondary N) is 1. The van der Waals surface area contributed by atoms with Crippen molar-refractivity contribution in [3.8, 4) is 0 Å². The summed E-state index contributed by atoms with van der Waals surface area (Å²) in [6.07, 6.45) is 2.19. The van der Waals surface area contributed by atoms with Gasteiger partial charge in [0.05, 0.1) is 10.6 Å². The fourth-order valence-corrected chi connectivity index (χ4v) is 3.29. The number of rotatable bonds is 2. The largest absolute Gasteiger partial charge is 0.298 e. The normalized spacial score (nSPS) is 13.9. The molecule has 20 heavy (non-hydrogen) atoms. The predicted octanol–water partition coefficient (Wildman–Crippen LogP) is 3.57. The fraction of sp³-hybridized carbons (Fsp3) is 0.214. The van der Waals surface area contributed by atoms with Gasteiger partial charge in [0.1, 0.15) is 0 Å². The molecule has 0 fully saturated rings. The molecule has 1 aromatic carbocycles. The Morgan fingerprint density at radius 3 is 2.95 bits per heavy atom. The molecule has 0 unspecified atom stereocenters. The van der Waals surface area contributed by atoms with E-state index in [-0.39, 0.29) is 11.7 Å². The highest BCUT2D eigenvalue weighted by molar-refractivity contribution is 7.17. The minimum Gasteiger partial charge on any atom is -0.298 e. The van der Waals surface area contributed by atoms with Gasteiger partial charge < -0.3 is 0 Å². The lowest BCUT2D eigenvalue weighted by Gasteiger charge is -2.05. The van der Waals surface area contributed by atoms with Crippen LogP contribution in [0.2, 0.25) is 5.02 Å². The van der Waals surface area contributed by atoms with Crippen LogP contribution in [0.15, 0.2) is 24.3 Å². The van der Waals surface area contributed by atoms with E-state index in [4.69, 9.17) is 11.6 Å². The summed E-state index contributed by atoms with van der Waals surface area (Å²) in [5.74, 6) is -0.155. The van der Waals surface area contributed by atoms with Crippen LogP contribution in [-0.2, 0) is 6.42 Å². The molecule has 0 atom stereocenters. The van der Waals surface area contributed by atoms with Gasteiger partial charge in [0, 0.05) is 17.0 Å². The third-order valence-electron chi connectivity index (χ3n) is 3.08. The standard InChI is InChI=1S/C14H11ClN2O2S/c15-9-4-1-3-8(7-9)13(19)17-14-16-10-5-2-6-11(18)12(10)20-14/h1,3-4,7H,2,5-6H2,(H,16,17,19). The van der Waals surface area contributed by atoms with Crippen molar-refractivity contribution in [1.29, 1.82) is 0 Å². The summed E-state index contributed by atoms with van der Waals surface area (Å²) in [7, 11) is 0. The summed E-state index contributed by atoms with van der Waals surface area (Å²) < 4.78 is 0. The van der Waals surface area contributed by atoms with E-state index in [1.165, 1.54) is 11.3 Å². The number of amides is 1. The van der Waals surface area contributed by atoms with Gasteiger partial charge >= 0.3 is 0 Å². The molecule has 102 valence electrons. The van der Waals surface area contributed by atoms with Gasteiger partial charge in [0.2, 0.25) is 0 Å². The van der Waals surface area contributed by atoms with Gasteiger partial charge in [-0.2, -0.15) is 0 Å². The number of hydrogen-bond acceptors (Lipinski definition) is 4. The van der Waals surface area contributed by atoms with Crippen LogP contribution in [0, 0.1) is 0 Å². The summed E-state index contributed by atoms with van der Waals surface area (Å²) >= 11 is 7.10. The van der Waals surface area contributed by atoms with E-state index in [0.29, 0.717) is 27.0 Å². The third kappa shape index (κ3) is 2.59. The zero-order chi connectivity index (χ0) is 14.1. The van der Waals surface area contributed by atoms with Crippen molar-refractivity contribution >= 4 is 39.8 Å². The van der Waals surface area contributed by atoms with Gasteiger partial charge in [-0.1, -0.05) is 29.0 Å². The molecule has 0 aliphatic heterocycles. The Kier molecular flexibility index (Phi) is 3.54. The van der Waals surface area contributed by atoms with Crippen molar-refractivity contribution in [1.82, 2.24) is 4.98 Å². The molecule has 0 saturated carbocycles. The Bertz CT molecular complexity index is 696. The molecule has 1 amide bonds. The van der Waals surface area contributed by atoms with Gasteiger partial charge in [0.15, 0.2) is 10.9 Å². The highest BCUT2D eigenvalue weighted by Crippen LogP contribution is 2.29. The topological polar surface area (TPSA) is 59.1 Å². The number of fused-ring (bicyclic) bond motifs is 1. The number of benzene rings is 1. The second-order valence-electron chi connectivity index (χ2n) is 4.54. The number of nitrogens with zero attached hydrogens (tertiary/aromatic N) is 1. The highest BCUT2D eigenvalue weighted by atomic mass is 35.5. The number of anilines is 1. The molecule has 1 heterocycles. The van der Waals surface area contributed by atoms with Crippen molar-refractivity contribution in [3.63, 3.8) is 0 Å². The number of aromatic nitrogens is 1. The Hall–Kier alpha value is -1.72. The number of carbonyl (C=O) groups is 2. The number of halogens is 1. The van der Waals surface area contributed by atoms with Crippen LogP contribution < -0.4 is 5.32 Å². The summed E-state index contributed by atoms with van der Waals surface area (Å²) in [4.78, 5) is 28.8. The second kappa shape index (κ2) is 5.34. The lowest BCUT2D eigenvalue weighted by molar-refractivity contribution is 0.0975. The Balaban J connectivity index is 1.81. The van der Waals surface area contributed by atoms with Gasteiger partial charge in [-0.15, -0.1) is 0 Å². The summed E-state index contributed by atoms with van der Waals surface area (Å²) in [5.41, 5.74) is 1.27. The molecule has 0 saturated heterocycles. The number of carbonyl (C=O) groups excluding carboxylic acids is 2. The van der Waals surface area contributed by atoms with E-state index in [1.807, 2.05) is 0 Å². The molecule has 0 radical (unpaired) electrons. The number of hydrogen-bond donors (Lipinski definition) is 1. The van der Waals surface area contributed by atoms with E-state index < -0.39 is 0 Å². The molecule has 0 spiro atoms. The van der Waals surface area contributed by atoms with Crippen LogP contribution in [0.3, 0.4) is 0 Å². The SMILES string of the molecule is O=C(Nc1nc2c(s1)C(=O)CCC2)c1cccc(Cl)c1. The second-order valence-corrected chi connectivity index (χ2v) is 5.97. The van der Waals surface area contributed by atoms with E-state index >= 15 is 0 Å². The van der Waals surface area contributed by atoms with Crippen molar-refractivity contribution in [2.75, 3.05) is 5.32 Å². The lowest BCUT2D eigenvalue weighted by Crippen LogP contribution is -2.11. The first-order chi connectivity index (χ1) is 9.63. The van der Waals surface area contributed by atoms with Crippen LogP contribution in [0.25, 0.3) is 0 Å². The molecular weight excluding hydrogens is 296 g/mol. The summed E-state index contributed by atoms with van der Waals surface area (Å²) in [6, 6.07) is 6.70. The molecule has 1 aliphatic rings. The summed E-state index contributed by atoms with van der Waals surface area (Å²) in [6.45, 7) is 0. The first-order valence-corrected chi connectivity index (χ1v) is 7.43. The number of Topliss-reactive ketones (excluding diaryl/α,β-unsaturated/α-hetero) is 1. The van der Waals surface area contributed by atoms with Gasteiger partial charge in [0.25, 0.3) is 5.91 Å². The molecule has 1 aromatic heterocycles. The fourth-order valence-electron chi connectivity index (χ4n) is 2.12. The average molecular weight is 307 g/mol. The Morgan fingerprint density at radius 2 is 2.20 bits per heavy atom. The van der Waals surface area contributed by atoms with E-state index in [0.717, 1.165) is 18.5 Å².